The maximum Gasteiger partial charge on any atom is 0.359 e. The maximum absolute atomic E-state index is 11.9. The van der Waals surface area contributed by atoms with E-state index in [0.29, 0.717) is 16.8 Å². The lowest BCUT2D eigenvalue weighted by atomic mass is 10.1. The summed E-state index contributed by atoms with van der Waals surface area (Å²) in [6, 6.07) is 16.0. The van der Waals surface area contributed by atoms with Gasteiger partial charge in [0.1, 0.15) is 11.3 Å². The fourth-order valence-corrected chi connectivity index (χ4v) is 4.82. The molecule has 182 valence electrons. The zero-order valence-electron chi connectivity index (χ0n) is 19.8. The Morgan fingerprint density at radius 2 is 1.91 bits per heavy atom. The Bertz CT molecular complexity index is 1410. The van der Waals surface area contributed by atoms with Gasteiger partial charge in [-0.25, -0.2) is 4.79 Å². The standard InChI is InChI=1S/C27H29N5O2.ClH/c1-29-25-16-21-15-22(6-8-26(21)34-27(25)33)32-12-10-31(11-13-32)9-3-2-4-20-18-30-24-7-5-19(17-28)14-23(20)24;/h5-8,14-16,18,29-30H,2-4,9-13H2,1H3;1H. The van der Waals surface area contributed by atoms with E-state index in [1.807, 2.05) is 36.4 Å². The molecule has 4 aromatic rings. The van der Waals surface area contributed by atoms with Crippen LogP contribution in [0.4, 0.5) is 11.4 Å². The number of fused-ring (bicyclic) bond motifs is 2. The van der Waals surface area contributed by atoms with Gasteiger partial charge in [0.2, 0.25) is 0 Å². The monoisotopic (exact) mass is 491 g/mol. The first kappa shape index (κ1) is 24.6. The van der Waals surface area contributed by atoms with Crippen molar-refractivity contribution >= 4 is 45.7 Å². The van der Waals surface area contributed by atoms with E-state index >= 15 is 0 Å². The molecule has 2 N–H and O–H groups in total. The van der Waals surface area contributed by atoms with Gasteiger partial charge in [-0.2, -0.15) is 5.26 Å². The molecule has 7 nitrogen and oxygen atoms in total. The number of H-pyrrole nitrogens is 1. The van der Waals surface area contributed by atoms with Crippen LogP contribution in [0.5, 0.6) is 0 Å². The first-order valence-electron chi connectivity index (χ1n) is 11.9. The number of rotatable bonds is 7. The number of unbranched alkanes of at least 4 members (excludes halogenated alkanes) is 1. The maximum atomic E-state index is 11.9. The molecule has 8 heteroatoms. The van der Waals surface area contributed by atoms with Gasteiger partial charge in [0, 0.05) is 61.4 Å². The third kappa shape index (κ3) is 5.29. The molecule has 35 heavy (non-hydrogen) atoms. The second kappa shape index (κ2) is 10.9. The molecule has 0 unspecified atom stereocenters. The predicted molar refractivity (Wildman–Crippen MR) is 144 cm³/mol. The van der Waals surface area contributed by atoms with E-state index in [-0.39, 0.29) is 18.0 Å². The summed E-state index contributed by atoms with van der Waals surface area (Å²) in [7, 11) is 1.73. The third-order valence-electron chi connectivity index (χ3n) is 6.79. The van der Waals surface area contributed by atoms with Crippen molar-refractivity contribution in [3.05, 3.63) is 70.2 Å². The van der Waals surface area contributed by atoms with E-state index in [2.05, 4.69) is 38.4 Å². The molecule has 2 aromatic heterocycles. The van der Waals surface area contributed by atoms with Crippen LogP contribution in [0, 0.1) is 11.3 Å². The number of piperazine rings is 1. The first-order chi connectivity index (χ1) is 16.6. The molecule has 3 heterocycles. The zero-order chi connectivity index (χ0) is 23.5. The Labute approximate surface area is 210 Å². The molecule has 0 aliphatic carbocycles. The van der Waals surface area contributed by atoms with Crippen LogP contribution in [0.15, 0.2) is 57.9 Å². The van der Waals surface area contributed by atoms with Gasteiger partial charge in [-0.3, -0.25) is 4.90 Å². The van der Waals surface area contributed by atoms with Crippen molar-refractivity contribution in [2.45, 2.75) is 19.3 Å². The summed E-state index contributed by atoms with van der Waals surface area (Å²) in [6.45, 7) is 5.17. The molecule has 0 spiro atoms. The summed E-state index contributed by atoms with van der Waals surface area (Å²) >= 11 is 0. The fraction of sp³-hybridized carbons (Fsp3) is 0.333. The van der Waals surface area contributed by atoms with Crippen molar-refractivity contribution in [1.29, 1.82) is 5.26 Å². The Morgan fingerprint density at radius 1 is 1.09 bits per heavy atom. The number of hydrogen-bond acceptors (Lipinski definition) is 6. The van der Waals surface area contributed by atoms with Crippen molar-refractivity contribution in [3.63, 3.8) is 0 Å². The van der Waals surface area contributed by atoms with E-state index in [1.165, 1.54) is 16.6 Å². The van der Waals surface area contributed by atoms with E-state index < -0.39 is 0 Å². The average molecular weight is 492 g/mol. The summed E-state index contributed by atoms with van der Waals surface area (Å²) in [5.41, 5.74) is 5.03. The minimum absolute atomic E-state index is 0. The molecule has 5 rings (SSSR count). The van der Waals surface area contributed by atoms with Gasteiger partial charge in [-0.15, -0.1) is 12.4 Å². The van der Waals surface area contributed by atoms with Crippen LogP contribution in [0.3, 0.4) is 0 Å². The lowest BCUT2D eigenvalue weighted by molar-refractivity contribution is 0.253. The SMILES string of the molecule is CNc1cc2cc(N3CCN(CCCCc4c[nH]c5ccc(C#N)cc45)CC3)ccc2oc1=O.Cl. The first-order valence-corrected chi connectivity index (χ1v) is 11.9. The van der Waals surface area contributed by atoms with Gasteiger partial charge in [0.25, 0.3) is 0 Å². The van der Waals surface area contributed by atoms with Crippen molar-refractivity contribution in [2.24, 2.45) is 0 Å². The van der Waals surface area contributed by atoms with E-state index in [4.69, 9.17) is 9.68 Å². The van der Waals surface area contributed by atoms with Crippen molar-refractivity contribution in [3.8, 4) is 6.07 Å². The van der Waals surface area contributed by atoms with Crippen LogP contribution in [-0.2, 0) is 6.42 Å². The summed E-state index contributed by atoms with van der Waals surface area (Å²) in [6.07, 6.45) is 5.40. The number of aromatic nitrogens is 1. The molecule has 1 saturated heterocycles. The molecule has 0 saturated carbocycles. The smallest absolute Gasteiger partial charge is 0.359 e. The molecular weight excluding hydrogens is 462 g/mol. The van der Waals surface area contributed by atoms with Crippen LogP contribution in [0.1, 0.15) is 24.0 Å². The molecule has 0 atom stereocenters. The number of aryl methyl sites for hydroxylation is 1. The van der Waals surface area contributed by atoms with Crippen LogP contribution in [-0.4, -0.2) is 49.7 Å². The normalized spacial score (nSPS) is 14.1. The molecule has 2 aromatic carbocycles. The number of anilines is 2. The van der Waals surface area contributed by atoms with Crippen LogP contribution < -0.4 is 15.8 Å². The molecule has 1 aliphatic heterocycles. The summed E-state index contributed by atoms with van der Waals surface area (Å²) in [4.78, 5) is 20.1. The number of aromatic amines is 1. The summed E-state index contributed by atoms with van der Waals surface area (Å²) < 4.78 is 5.40. The van der Waals surface area contributed by atoms with Crippen LogP contribution in [0.25, 0.3) is 21.9 Å². The van der Waals surface area contributed by atoms with Crippen molar-refractivity contribution < 1.29 is 4.42 Å². The summed E-state index contributed by atoms with van der Waals surface area (Å²) in [5, 5.41) is 14.2. The third-order valence-corrected chi connectivity index (χ3v) is 6.79. The van der Waals surface area contributed by atoms with E-state index in [1.54, 1.807) is 7.05 Å². The Kier molecular flexibility index (Phi) is 7.64. The van der Waals surface area contributed by atoms with E-state index in [0.717, 1.165) is 62.9 Å². The Morgan fingerprint density at radius 3 is 2.69 bits per heavy atom. The predicted octanol–water partition coefficient (Wildman–Crippen LogP) is 4.75. The van der Waals surface area contributed by atoms with Crippen LogP contribution in [0.2, 0.25) is 0 Å². The molecule has 0 bridgehead atoms. The second-order valence-corrected chi connectivity index (χ2v) is 8.89. The van der Waals surface area contributed by atoms with Crippen molar-refractivity contribution in [1.82, 2.24) is 9.88 Å². The van der Waals surface area contributed by atoms with E-state index in [9.17, 15) is 4.79 Å². The lowest BCUT2D eigenvalue weighted by Gasteiger charge is -2.36. The van der Waals surface area contributed by atoms with Gasteiger partial charge in [-0.1, -0.05) is 0 Å². The minimum atomic E-state index is -0.340. The molecule has 1 fully saturated rings. The van der Waals surface area contributed by atoms with Gasteiger partial charge in [0.15, 0.2) is 0 Å². The number of nitrogens with one attached hydrogen (secondary N) is 2. The number of benzene rings is 2. The Balaban J connectivity index is 0.00000289. The lowest BCUT2D eigenvalue weighted by Crippen LogP contribution is -2.46. The highest BCUT2D eigenvalue weighted by atomic mass is 35.5. The molecule has 1 aliphatic rings. The minimum Gasteiger partial charge on any atom is -0.421 e. The topological polar surface area (TPSA) is 88.3 Å². The largest absolute Gasteiger partial charge is 0.421 e. The average Bonchev–Trinajstić information content (AvgIpc) is 3.28. The Hall–Kier alpha value is -3.47. The van der Waals surface area contributed by atoms with Gasteiger partial charge in [-0.05, 0) is 73.8 Å². The highest BCUT2D eigenvalue weighted by Crippen LogP contribution is 2.25. The molecular formula is C27H30ClN5O2. The highest BCUT2D eigenvalue weighted by molar-refractivity contribution is 5.85. The summed E-state index contributed by atoms with van der Waals surface area (Å²) in [5.74, 6) is 0. The fourth-order valence-electron chi connectivity index (χ4n) is 4.82. The molecule has 0 radical (unpaired) electrons. The number of nitriles is 1. The van der Waals surface area contributed by atoms with Crippen LogP contribution >= 0.6 is 12.4 Å². The number of nitrogens with zero attached hydrogens (tertiary/aromatic N) is 3. The van der Waals surface area contributed by atoms with Gasteiger partial charge in [0.05, 0.1) is 11.6 Å². The quantitative estimate of drug-likeness (QED) is 0.286. The van der Waals surface area contributed by atoms with Crippen molar-refractivity contribution in [2.75, 3.05) is 50.0 Å². The zero-order valence-corrected chi connectivity index (χ0v) is 20.7. The van der Waals surface area contributed by atoms with Gasteiger partial charge >= 0.3 is 5.63 Å². The number of halogens is 1. The highest BCUT2D eigenvalue weighted by Gasteiger charge is 2.17. The molecule has 0 amide bonds. The number of hydrogen-bond donors (Lipinski definition) is 2. The van der Waals surface area contributed by atoms with Gasteiger partial charge < -0.3 is 19.6 Å². The second-order valence-electron chi connectivity index (χ2n) is 8.89.